The summed E-state index contributed by atoms with van der Waals surface area (Å²) in [4.78, 5) is 19.3. The number of carbonyl (C=O) groups excluding carboxylic acids is 1. The molecule has 1 unspecified atom stereocenters. The summed E-state index contributed by atoms with van der Waals surface area (Å²) in [6, 6.07) is 17.5. The molecule has 168 valence electrons. The van der Waals surface area contributed by atoms with E-state index in [1.165, 1.54) is 0 Å². The fourth-order valence-corrected chi connectivity index (χ4v) is 5.21. The van der Waals surface area contributed by atoms with Gasteiger partial charge in [0.1, 0.15) is 0 Å². The summed E-state index contributed by atoms with van der Waals surface area (Å²) in [6.45, 7) is 4.40. The Balaban J connectivity index is 1.25. The monoisotopic (exact) mass is 453 g/mol. The summed E-state index contributed by atoms with van der Waals surface area (Å²) < 4.78 is 27.8. The van der Waals surface area contributed by atoms with Crippen molar-refractivity contribution >= 4 is 32.6 Å². The van der Waals surface area contributed by atoms with Crippen molar-refractivity contribution in [2.75, 3.05) is 31.5 Å². The summed E-state index contributed by atoms with van der Waals surface area (Å²) >= 11 is 0. The van der Waals surface area contributed by atoms with Crippen molar-refractivity contribution in [3.63, 3.8) is 0 Å². The largest absolute Gasteiger partial charge is 0.337 e. The SMILES string of the molecule is Cc1cc(NC(=O)NCCN2CCC(NS(=O)(=O)c3ccccc3)C2)c2ccccc2n1. The van der Waals surface area contributed by atoms with E-state index < -0.39 is 10.0 Å². The van der Waals surface area contributed by atoms with Crippen LogP contribution in [0.15, 0.2) is 65.6 Å². The molecule has 1 atom stereocenters. The normalized spacial score (nSPS) is 16.8. The first-order valence-corrected chi connectivity index (χ1v) is 12.1. The van der Waals surface area contributed by atoms with E-state index in [1.54, 1.807) is 30.3 Å². The fourth-order valence-electron chi connectivity index (χ4n) is 3.92. The number of nitrogens with zero attached hydrogens (tertiary/aromatic N) is 2. The van der Waals surface area contributed by atoms with E-state index in [2.05, 4.69) is 25.2 Å². The van der Waals surface area contributed by atoms with Gasteiger partial charge in [-0.05, 0) is 44.2 Å². The second-order valence-corrected chi connectivity index (χ2v) is 9.64. The predicted molar refractivity (Wildman–Crippen MR) is 125 cm³/mol. The Morgan fingerprint density at radius 1 is 1.12 bits per heavy atom. The molecule has 1 aromatic heterocycles. The Morgan fingerprint density at radius 2 is 1.88 bits per heavy atom. The maximum atomic E-state index is 12.5. The number of aryl methyl sites for hydroxylation is 1. The van der Waals surface area contributed by atoms with Crippen molar-refractivity contribution in [2.45, 2.75) is 24.3 Å². The van der Waals surface area contributed by atoms with Crippen molar-refractivity contribution < 1.29 is 13.2 Å². The molecule has 0 bridgehead atoms. The average molecular weight is 454 g/mol. The van der Waals surface area contributed by atoms with Crippen molar-refractivity contribution in [2.24, 2.45) is 0 Å². The molecule has 1 saturated heterocycles. The second kappa shape index (κ2) is 9.64. The molecule has 32 heavy (non-hydrogen) atoms. The minimum Gasteiger partial charge on any atom is -0.337 e. The third-order valence-electron chi connectivity index (χ3n) is 5.45. The number of nitrogens with one attached hydrogen (secondary N) is 3. The zero-order chi connectivity index (χ0) is 22.6. The number of urea groups is 1. The molecule has 1 fully saturated rings. The van der Waals surface area contributed by atoms with Crippen molar-refractivity contribution in [1.82, 2.24) is 19.9 Å². The summed E-state index contributed by atoms with van der Waals surface area (Å²) in [5, 5.41) is 6.68. The lowest BCUT2D eigenvalue weighted by atomic mass is 10.1. The Kier molecular flexibility index (Phi) is 6.69. The number of benzene rings is 2. The quantitative estimate of drug-likeness (QED) is 0.510. The first kappa shape index (κ1) is 22.2. The molecule has 0 saturated carbocycles. The van der Waals surface area contributed by atoms with Crippen LogP contribution >= 0.6 is 0 Å². The molecule has 9 heteroatoms. The van der Waals surface area contributed by atoms with Crippen LogP contribution in [0.5, 0.6) is 0 Å². The summed E-state index contributed by atoms with van der Waals surface area (Å²) in [5.74, 6) is 0. The average Bonchev–Trinajstić information content (AvgIpc) is 3.20. The van der Waals surface area contributed by atoms with Gasteiger partial charge >= 0.3 is 6.03 Å². The van der Waals surface area contributed by atoms with E-state index in [0.29, 0.717) is 19.6 Å². The number of aromatic nitrogens is 1. The highest BCUT2D eigenvalue weighted by atomic mass is 32.2. The highest BCUT2D eigenvalue weighted by Gasteiger charge is 2.27. The molecular formula is C23H27N5O3S. The minimum absolute atomic E-state index is 0.139. The highest BCUT2D eigenvalue weighted by molar-refractivity contribution is 7.89. The number of likely N-dealkylation sites (tertiary alicyclic amines) is 1. The molecule has 0 aliphatic carbocycles. The maximum Gasteiger partial charge on any atom is 0.319 e. The smallest absolute Gasteiger partial charge is 0.319 e. The molecule has 0 radical (unpaired) electrons. The lowest BCUT2D eigenvalue weighted by Gasteiger charge is -2.17. The molecular weight excluding hydrogens is 426 g/mol. The van der Waals surface area contributed by atoms with Crippen molar-refractivity contribution in [3.05, 3.63) is 66.4 Å². The van der Waals surface area contributed by atoms with E-state index in [9.17, 15) is 13.2 Å². The molecule has 3 N–H and O–H groups in total. The van der Waals surface area contributed by atoms with E-state index in [-0.39, 0.29) is 17.0 Å². The molecule has 3 aromatic rings. The van der Waals surface area contributed by atoms with Crippen LogP contribution in [0.2, 0.25) is 0 Å². The summed E-state index contributed by atoms with van der Waals surface area (Å²) in [5.41, 5.74) is 2.39. The number of hydrogen-bond donors (Lipinski definition) is 3. The fraction of sp³-hybridized carbons (Fsp3) is 0.304. The van der Waals surface area contributed by atoms with Gasteiger partial charge in [-0.15, -0.1) is 0 Å². The third kappa shape index (κ3) is 5.42. The number of amides is 2. The second-order valence-electron chi connectivity index (χ2n) is 7.93. The van der Waals surface area contributed by atoms with E-state index >= 15 is 0 Å². The van der Waals surface area contributed by atoms with Gasteiger partial charge in [0.2, 0.25) is 10.0 Å². The number of hydrogen-bond acceptors (Lipinski definition) is 5. The Bertz CT molecular complexity index is 1200. The van der Waals surface area contributed by atoms with Gasteiger partial charge in [-0.2, -0.15) is 0 Å². The lowest BCUT2D eigenvalue weighted by Crippen LogP contribution is -2.39. The summed E-state index contributed by atoms with van der Waals surface area (Å²) in [7, 11) is -3.52. The van der Waals surface area contributed by atoms with Gasteiger partial charge in [-0.1, -0.05) is 36.4 Å². The Morgan fingerprint density at radius 3 is 2.69 bits per heavy atom. The number of carbonyl (C=O) groups is 1. The van der Waals surface area contributed by atoms with Gasteiger partial charge in [0.25, 0.3) is 0 Å². The van der Waals surface area contributed by atoms with Gasteiger partial charge in [0.15, 0.2) is 0 Å². The van der Waals surface area contributed by atoms with Crippen LogP contribution in [0.1, 0.15) is 12.1 Å². The van der Waals surface area contributed by atoms with E-state index in [1.807, 2.05) is 37.3 Å². The van der Waals surface area contributed by atoms with Crippen LogP contribution < -0.4 is 15.4 Å². The van der Waals surface area contributed by atoms with Crippen LogP contribution in [-0.4, -0.2) is 56.6 Å². The van der Waals surface area contributed by atoms with Crippen LogP contribution in [0.3, 0.4) is 0 Å². The zero-order valence-electron chi connectivity index (χ0n) is 17.9. The lowest BCUT2D eigenvalue weighted by molar-refractivity contribution is 0.249. The number of fused-ring (bicyclic) bond motifs is 1. The van der Waals surface area contributed by atoms with Gasteiger partial charge in [-0.25, -0.2) is 17.9 Å². The molecule has 1 aliphatic rings. The van der Waals surface area contributed by atoms with Crippen LogP contribution in [0.25, 0.3) is 10.9 Å². The van der Waals surface area contributed by atoms with Crippen molar-refractivity contribution in [3.8, 4) is 0 Å². The minimum atomic E-state index is -3.52. The standard InChI is InChI=1S/C23H27N5O3S/c1-17-15-22(20-9-5-6-10-21(20)25-17)26-23(29)24-12-14-28-13-11-18(16-28)27-32(30,31)19-7-3-2-4-8-19/h2-10,15,18,27H,11-14,16H2,1H3,(H2,24,25,26,29). The first-order chi connectivity index (χ1) is 15.4. The highest BCUT2D eigenvalue weighted by Crippen LogP contribution is 2.22. The Labute approximate surface area is 188 Å². The zero-order valence-corrected chi connectivity index (χ0v) is 18.7. The molecule has 0 spiro atoms. The Hall–Kier alpha value is -3.01. The van der Waals surface area contributed by atoms with E-state index in [4.69, 9.17) is 0 Å². The number of rotatable bonds is 7. The molecule has 2 aromatic carbocycles. The molecule has 4 rings (SSSR count). The summed E-state index contributed by atoms with van der Waals surface area (Å²) in [6.07, 6.45) is 0.737. The number of para-hydroxylation sites is 1. The van der Waals surface area contributed by atoms with Crippen LogP contribution in [-0.2, 0) is 10.0 Å². The predicted octanol–water partition coefficient (Wildman–Crippen LogP) is 2.72. The van der Waals surface area contributed by atoms with Gasteiger partial charge in [0.05, 0.1) is 16.1 Å². The number of pyridine rings is 1. The van der Waals surface area contributed by atoms with E-state index in [0.717, 1.165) is 35.2 Å². The van der Waals surface area contributed by atoms with Crippen molar-refractivity contribution in [1.29, 1.82) is 0 Å². The first-order valence-electron chi connectivity index (χ1n) is 10.6. The van der Waals surface area contributed by atoms with Gasteiger partial charge < -0.3 is 10.6 Å². The van der Waals surface area contributed by atoms with Crippen LogP contribution in [0, 0.1) is 6.92 Å². The topological polar surface area (TPSA) is 103 Å². The number of anilines is 1. The van der Waals surface area contributed by atoms with Crippen LogP contribution in [0.4, 0.5) is 10.5 Å². The molecule has 8 nitrogen and oxygen atoms in total. The molecule has 2 heterocycles. The maximum absolute atomic E-state index is 12.5. The number of sulfonamides is 1. The van der Waals surface area contributed by atoms with Gasteiger partial charge in [0, 0.05) is 36.8 Å². The van der Waals surface area contributed by atoms with Gasteiger partial charge in [-0.3, -0.25) is 9.88 Å². The third-order valence-corrected chi connectivity index (χ3v) is 6.99. The molecule has 1 aliphatic heterocycles. The molecule has 2 amide bonds.